The van der Waals surface area contributed by atoms with Gasteiger partial charge in [-0.1, -0.05) is 43.3 Å². The lowest BCUT2D eigenvalue weighted by molar-refractivity contribution is 0.634. The number of benzene rings is 1. The van der Waals surface area contributed by atoms with Gasteiger partial charge in [0.1, 0.15) is 0 Å². The van der Waals surface area contributed by atoms with Gasteiger partial charge < -0.3 is 5.32 Å². The largest absolute Gasteiger partial charge is 0.306 e. The molecule has 0 saturated heterocycles. The van der Waals surface area contributed by atoms with Gasteiger partial charge in [-0.3, -0.25) is 0 Å². The number of rotatable bonds is 4. The van der Waals surface area contributed by atoms with Crippen molar-refractivity contribution in [2.24, 2.45) is 0 Å². The maximum Gasteiger partial charge on any atom is 0.0712 e. The Morgan fingerprint density at radius 1 is 1.11 bits per heavy atom. The number of nitrogens with one attached hydrogen (secondary N) is 1. The first-order valence-electron chi connectivity index (χ1n) is 6.60. The molecule has 3 rings (SSSR count). The van der Waals surface area contributed by atoms with E-state index in [1.807, 2.05) is 29.0 Å². The molecule has 0 fully saturated rings. The average Bonchev–Trinajstić information content (AvgIpc) is 2.89. The van der Waals surface area contributed by atoms with Crippen LogP contribution in [-0.4, -0.2) is 16.2 Å². The van der Waals surface area contributed by atoms with E-state index in [0.29, 0.717) is 0 Å². The number of aromatic nitrogens is 2. The van der Waals surface area contributed by atoms with Gasteiger partial charge in [0.05, 0.1) is 17.8 Å². The molecule has 3 nitrogen and oxygen atoms in total. The topological polar surface area (TPSA) is 29.3 Å². The Morgan fingerprint density at radius 2 is 1.89 bits per heavy atom. The minimum Gasteiger partial charge on any atom is -0.306 e. The van der Waals surface area contributed by atoms with Crippen molar-refractivity contribution < 1.29 is 0 Å². The van der Waals surface area contributed by atoms with Crippen molar-refractivity contribution in [1.82, 2.24) is 14.9 Å². The second-order valence-electron chi connectivity index (χ2n) is 4.53. The van der Waals surface area contributed by atoms with Crippen molar-refractivity contribution in [2.75, 3.05) is 6.54 Å². The molecule has 2 aromatic heterocycles. The lowest BCUT2D eigenvalue weighted by Gasteiger charge is -2.17. The summed E-state index contributed by atoms with van der Waals surface area (Å²) in [5.41, 5.74) is 3.63. The molecular weight excluding hydrogens is 234 g/mol. The Hall–Kier alpha value is -2.13. The van der Waals surface area contributed by atoms with E-state index >= 15 is 0 Å². The first-order valence-corrected chi connectivity index (χ1v) is 6.60. The van der Waals surface area contributed by atoms with E-state index in [-0.39, 0.29) is 6.04 Å². The van der Waals surface area contributed by atoms with Crippen LogP contribution in [0.25, 0.3) is 5.52 Å². The van der Waals surface area contributed by atoms with Crippen molar-refractivity contribution in [3.8, 4) is 0 Å². The van der Waals surface area contributed by atoms with Gasteiger partial charge >= 0.3 is 0 Å². The van der Waals surface area contributed by atoms with Crippen LogP contribution < -0.4 is 5.32 Å². The minimum absolute atomic E-state index is 0.186. The van der Waals surface area contributed by atoms with Crippen LogP contribution in [-0.2, 0) is 0 Å². The molecule has 0 aliphatic carbocycles. The predicted molar refractivity (Wildman–Crippen MR) is 77.2 cm³/mol. The van der Waals surface area contributed by atoms with E-state index in [1.54, 1.807) is 0 Å². The molecule has 3 aromatic rings. The molecule has 0 amide bonds. The molecule has 0 bridgehead atoms. The van der Waals surface area contributed by atoms with Crippen LogP contribution in [0.2, 0.25) is 0 Å². The Labute approximate surface area is 112 Å². The van der Waals surface area contributed by atoms with Crippen LogP contribution in [0.3, 0.4) is 0 Å². The highest BCUT2D eigenvalue weighted by Crippen LogP contribution is 2.25. The molecule has 1 atom stereocenters. The van der Waals surface area contributed by atoms with Gasteiger partial charge in [-0.2, -0.15) is 5.10 Å². The Bertz CT molecular complexity index is 658. The van der Waals surface area contributed by atoms with Crippen molar-refractivity contribution in [1.29, 1.82) is 0 Å². The van der Waals surface area contributed by atoms with E-state index in [1.165, 1.54) is 11.1 Å². The Balaban J connectivity index is 2.10. The second-order valence-corrected chi connectivity index (χ2v) is 4.53. The van der Waals surface area contributed by atoms with E-state index in [2.05, 4.69) is 53.7 Å². The molecular formula is C16H17N3. The third-order valence-corrected chi connectivity index (χ3v) is 3.31. The zero-order valence-corrected chi connectivity index (χ0v) is 11.0. The molecule has 0 radical (unpaired) electrons. The fourth-order valence-electron chi connectivity index (χ4n) is 2.43. The maximum atomic E-state index is 4.42. The summed E-state index contributed by atoms with van der Waals surface area (Å²) in [6.07, 6.45) is 3.93. The maximum absolute atomic E-state index is 4.42. The smallest absolute Gasteiger partial charge is 0.0712 e. The predicted octanol–water partition coefficient (Wildman–Crippen LogP) is 3.03. The highest BCUT2D eigenvalue weighted by Gasteiger charge is 2.16. The zero-order chi connectivity index (χ0) is 13.1. The molecule has 0 aliphatic heterocycles. The average molecular weight is 251 g/mol. The molecule has 19 heavy (non-hydrogen) atoms. The van der Waals surface area contributed by atoms with Crippen molar-refractivity contribution in [3.05, 3.63) is 72.1 Å². The van der Waals surface area contributed by atoms with E-state index in [0.717, 1.165) is 12.1 Å². The fraction of sp³-hybridized carbons (Fsp3) is 0.188. The minimum atomic E-state index is 0.186. The van der Waals surface area contributed by atoms with Crippen LogP contribution >= 0.6 is 0 Å². The summed E-state index contributed by atoms with van der Waals surface area (Å²) in [5.74, 6) is 0. The van der Waals surface area contributed by atoms with Gasteiger partial charge in [0.25, 0.3) is 0 Å². The number of hydrogen-bond acceptors (Lipinski definition) is 2. The Kier molecular flexibility index (Phi) is 3.29. The summed E-state index contributed by atoms with van der Waals surface area (Å²) in [7, 11) is 0. The quantitative estimate of drug-likeness (QED) is 0.772. The normalized spacial score (nSPS) is 12.7. The summed E-state index contributed by atoms with van der Waals surface area (Å²) in [6, 6.07) is 16.8. The molecule has 2 heterocycles. The van der Waals surface area contributed by atoms with Gasteiger partial charge in [0.2, 0.25) is 0 Å². The summed E-state index contributed by atoms with van der Waals surface area (Å²) < 4.78 is 1.92. The zero-order valence-electron chi connectivity index (χ0n) is 11.0. The summed E-state index contributed by atoms with van der Waals surface area (Å²) in [6.45, 7) is 3.05. The third kappa shape index (κ3) is 2.25. The highest BCUT2D eigenvalue weighted by atomic mass is 15.2. The van der Waals surface area contributed by atoms with E-state index < -0.39 is 0 Å². The third-order valence-electron chi connectivity index (χ3n) is 3.31. The van der Waals surface area contributed by atoms with Gasteiger partial charge in [-0.15, -0.1) is 0 Å². The number of nitrogens with zero attached hydrogens (tertiary/aromatic N) is 2. The summed E-state index contributed by atoms with van der Waals surface area (Å²) in [5, 5.41) is 7.96. The summed E-state index contributed by atoms with van der Waals surface area (Å²) in [4.78, 5) is 0. The van der Waals surface area contributed by atoms with Crippen molar-refractivity contribution in [2.45, 2.75) is 13.0 Å². The lowest BCUT2D eigenvalue weighted by atomic mass is 10.00. The van der Waals surface area contributed by atoms with Gasteiger partial charge in [-0.25, -0.2) is 4.52 Å². The van der Waals surface area contributed by atoms with Gasteiger partial charge in [-0.05, 0) is 24.2 Å². The van der Waals surface area contributed by atoms with Crippen LogP contribution in [0.15, 0.2) is 60.9 Å². The standard InChI is InChI=1S/C16H17N3/c1-2-17-16(13-8-4-3-5-9-13)14-12-18-19-11-7-6-10-15(14)19/h3-12,16-17H,2H2,1H3. The molecule has 0 aliphatic rings. The molecule has 1 unspecified atom stereocenters. The molecule has 1 aromatic carbocycles. The highest BCUT2D eigenvalue weighted by molar-refractivity contribution is 5.57. The van der Waals surface area contributed by atoms with Crippen LogP contribution in [0.4, 0.5) is 0 Å². The lowest BCUT2D eigenvalue weighted by Crippen LogP contribution is -2.21. The number of pyridine rings is 1. The fourth-order valence-corrected chi connectivity index (χ4v) is 2.43. The SMILES string of the molecule is CCNC(c1ccccc1)c1cnn2ccccc12. The molecule has 0 spiro atoms. The van der Waals surface area contributed by atoms with Crippen LogP contribution in [0.1, 0.15) is 24.1 Å². The van der Waals surface area contributed by atoms with Crippen LogP contribution in [0, 0.1) is 0 Å². The molecule has 1 N–H and O–H groups in total. The number of hydrogen-bond donors (Lipinski definition) is 1. The monoisotopic (exact) mass is 251 g/mol. The van der Waals surface area contributed by atoms with E-state index in [9.17, 15) is 0 Å². The van der Waals surface area contributed by atoms with Crippen LogP contribution in [0.5, 0.6) is 0 Å². The molecule has 96 valence electrons. The first-order chi connectivity index (χ1) is 9.40. The Morgan fingerprint density at radius 3 is 2.68 bits per heavy atom. The number of fused-ring (bicyclic) bond motifs is 1. The molecule has 0 saturated carbocycles. The van der Waals surface area contributed by atoms with E-state index in [4.69, 9.17) is 0 Å². The first kappa shape index (κ1) is 11.9. The van der Waals surface area contributed by atoms with Gasteiger partial charge in [0.15, 0.2) is 0 Å². The van der Waals surface area contributed by atoms with Crippen molar-refractivity contribution >= 4 is 5.52 Å². The van der Waals surface area contributed by atoms with Crippen molar-refractivity contribution in [3.63, 3.8) is 0 Å². The summed E-state index contributed by atoms with van der Waals surface area (Å²) >= 11 is 0. The van der Waals surface area contributed by atoms with Gasteiger partial charge in [0, 0.05) is 11.8 Å². The second kappa shape index (κ2) is 5.24. The molecule has 3 heteroatoms.